The van der Waals surface area contributed by atoms with Gasteiger partial charge in [-0.1, -0.05) is 6.42 Å². The smallest absolute Gasteiger partial charge is 0.209 e. The molecule has 1 aliphatic carbocycles. The van der Waals surface area contributed by atoms with E-state index in [1.807, 2.05) is 6.92 Å². The predicted octanol–water partition coefficient (Wildman–Crippen LogP) is 2.01. The second-order valence-corrected chi connectivity index (χ2v) is 4.88. The number of hydrogen-bond donors (Lipinski definition) is 1. The van der Waals surface area contributed by atoms with Crippen LogP contribution in [-0.4, -0.2) is 37.8 Å². The molecule has 0 aromatic heterocycles. The van der Waals surface area contributed by atoms with E-state index in [1.165, 1.54) is 0 Å². The SMILES string of the molecule is CC(OC1(F)CCCCC1)C1CNCCO1. The lowest BCUT2D eigenvalue weighted by atomic mass is 9.95. The summed E-state index contributed by atoms with van der Waals surface area (Å²) in [5, 5.41) is 3.24. The summed E-state index contributed by atoms with van der Waals surface area (Å²) in [4.78, 5) is 0. The van der Waals surface area contributed by atoms with Crippen LogP contribution in [0.2, 0.25) is 0 Å². The molecule has 2 fully saturated rings. The van der Waals surface area contributed by atoms with Gasteiger partial charge in [0.15, 0.2) is 0 Å². The molecule has 1 saturated carbocycles. The van der Waals surface area contributed by atoms with Gasteiger partial charge in [0.25, 0.3) is 0 Å². The van der Waals surface area contributed by atoms with Crippen molar-refractivity contribution in [3.05, 3.63) is 0 Å². The first-order valence-corrected chi connectivity index (χ1v) is 6.39. The van der Waals surface area contributed by atoms with Crippen molar-refractivity contribution >= 4 is 0 Å². The first-order valence-electron chi connectivity index (χ1n) is 6.39. The molecular formula is C12H22FNO2. The van der Waals surface area contributed by atoms with E-state index in [0.29, 0.717) is 19.4 Å². The van der Waals surface area contributed by atoms with Gasteiger partial charge in [0.2, 0.25) is 5.85 Å². The van der Waals surface area contributed by atoms with Gasteiger partial charge in [0, 0.05) is 25.9 Å². The Hall–Kier alpha value is -0.190. The highest BCUT2D eigenvalue weighted by molar-refractivity contribution is 4.79. The van der Waals surface area contributed by atoms with Crippen molar-refractivity contribution in [1.82, 2.24) is 5.32 Å². The monoisotopic (exact) mass is 231 g/mol. The molecule has 2 rings (SSSR count). The van der Waals surface area contributed by atoms with Crippen LogP contribution >= 0.6 is 0 Å². The lowest BCUT2D eigenvalue weighted by molar-refractivity contribution is -0.219. The quantitative estimate of drug-likeness (QED) is 0.806. The summed E-state index contributed by atoms with van der Waals surface area (Å²) in [6.45, 7) is 4.24. The fraction of sp³-hybridized carbons (Fsp3) is 1.00. The number of rotatable bonds is 3. The maximum absolute atomic E-state index is 14.3. The number of hydrogen-bond acceptors (Lipinski definition) is 3. The van der Waals surface area contributed by atoms with Gasteiger partial charge in [0.05, 0.1) is 18.8 Å². The number of morpholine rings is 1. The van der Waals surface area contributed by atoms with Gasteiger partial charge in [0.1, 0.15) is 0 Å². The molecule has 94 valence electrons. The van der Waals surface area contributed by atoms with Gasteiger partial charge in [-0.15, -0.1) is 0 Å². The third kappa shape index (κ3) is 3.15. The molecule has 3 nitrogen and oxygen atoms in total. The van der Waals surface area contributed by atoms with Gasteiger partial charge in [-0.2, -0.15) is 0 Å². The Balaban J connectivity index is 1.82. The van der Waals surface area contributed by atoms with E-state index in [1.54, 1.807) is 0 Å². The normalized spacial score (nSPS) is 32.2. The van der Waals surface area contributed by atoms with Gasteiger partial charge >= 0.3 is 0 Å². The molecule has 1 aliphatic heterocycles. The largest absolute Gasteiger partial charge is 0.373 e. The highest BCUT2D eigenvalue weighted by atomic mass is 19.2. The van der Waals surface area contributed by atoms with Crippen LogP contribution in [0.1, 0.15) is 39.0 Å². The maximum atomic E-state index is 14.3. The van der Waals surface area contributed by atoms with Gasteiger partial charge in [-0.25, -0.2) is 4.39 Å². The van der Waals surface area contributed by atoms with Crippen molar-refractivity contribution in [2.75, 3.05) is 19.7 Å². The molecule has 1 heterocycles. The lowest BCUT2D eigenvalue weighted by Crippen LogP contribution is -2.47. The second-order valence-electron chi connectivity index (χ2n) is 4.88. The minimum absolute atomic E-state index is 0.0108. The third-order valence-electron chi connectivity index (χ3n) is 3.48. The summed E-state index contributed by atoms with van der Waals surface area (Å²) in [7, 11) is 0. The summed E-state index contributed by atoms with van der Waals surface area (Å²) in [5.41, 5.74) is 0. The zero-order valence-corrected chi connectivity index (χ0v) is 10.0. The van der Waals surface area contributed by atoms with E-state index in [2.05, 4.69) is 5.32 Å². The van der Waals surface area contributed by atoms with Crippen molar-refractivity contribution in [3.8, 4) is 0 Å². The fourth-order valence-electron chi connectivity index (χ4n) is 2.49. The zero-order valence-electron chi connectivity index (χ0n) is 10.0. The average Bonchev–Trinajstić information content (AvgIpc) is 2.30. The highest BCUT2D eigenvalue weighted by Gasteiger charge is 2.36. The van der Waals surface area contributed by atoms with E-state index < -0.39 is 5.85 Å². The van der Waals surface area contributed by atoms with E-state index in [9.17, 15) is 4.39 Å². The minimum atomic E-state index is -1.40. The van der Waals surface area contributed by atoms with Gasteiger partial charge < -0.3 is 14.8 Å². The average molecular weight is 231 g/mol. The van der Waals surface area contributed by atoms with Crippen LogP contribution in [0, 0.1) is 0 Å². The Morgan fingerprint density at radius 3 is 2.75 bits per heavy atom. The van der Waals surface area contributed by atoms with Crippen LogP contribution in [0.3, 0.4) is 0 Å². The van der Waals surface area contributed by atoms with E-state index in [4.69, 9.17) is 9.47 Å². The van der Waals surface area contributed by atoms with Crippen LogP contribution in [0.4, 0.5) is 4.39 Å². The number of nitrogens with one attached hydrogen (secondary N) is 1. The van der Waals surface area contributed by atoms with Crippen LogP contribution in [0.15, 0.2) is 0 Å². The molecule has 2 atom stereocenters. The highest BCUT2D eigenvalue weighted by Crippen LogP contribution is 2.34. The molecule has 0 spiro atoms. The number of halogens is 1. The lowest BCUT2D eigenvalue weighted by Gasteiger charge is -2.36. The zero-order chi connectivity index (χ0) is 11.4. The molecule has 2 unspecified atom stereocenters. The van der Waals surface area contributed by atoms with Crippen LogP contribution in [0.25, 0.3) is 0 Å². The van der Waals surface area contributed by atoms with Gasteiger partial charge in [-0.05, 0) is 19.8 Å². The number of ether oxygens (including phenoxy) is 2. The Labute approximate surface area is 96.7 Å². The topological polar surface area (TPSA) is 30.5 Å². The maximum Gasteiger partial charge on any atom is 0.209 e. The summed E-state index contributed by atoms with van der Waals surface area (Å²) >= 11 is 0. The molecule has 0 aromatic rings. The van der Waals surface area contributed by atoms with E-state index >= 15 is 0 Å². The molecule has 0 aromatic carbocycles. The molecule has 0 bridgehead atoms. The summed E-state index contributed by atoms with van der Waals surface area (Å²) in [6.07, 6.45) is 3.90. The first kappa shape index (κ1) is 12.3. The van der Waals surface area contributed by atoms with Crippen molar-refractivity contribution in [2.24, 2.45) is 0 Å². The molecule has 1 N–H and O–H groups in total. The molecule has 4 heteroatoms. The summed E-state index contributed by atoms with van der Waals surface area (Å²) in [6, 6.07) is 0. The number of alkyl halides is 1. The molecule has 0 radical (unpaired) electrons. The molecule has 16 heavy (non-hydrogen) atoms. The van der Waals surface area contributed by atoms with Crippen LogP contribution in [-0.2, 0) is 9.47 Å². The summed E-state index contributed by atoms with van der Waals surface area (Å²) in [5.74, 6) is -1.40. The molecule has 0 amide bonds. The van der Waals surface area contributed by atoms with Crippen molar-refractivity contribution in [2.45, 2.75) is 57.1 Å². The summed E-state index contributed by atoms with van der Waals surface area (Å²) < 4.78 is 25.4. The molecule has 2 aliphatic rings. The Morgan fingerprint density at radius 1 is 1.38 bits per heavy atom. The van der Waals surface area contributed by atoms with Crippen molar-refractivity contribution in [1.29, 1.82) is 0 Å². The van der Waals surface area contributed by atoms with Crippen molar-refractivity contribution < 1.29 is 13.9 Å². The minimum Gasteiger partial charge on any atom is -0.373 e. The second kappa shape index (κ2) is 5.43. The Kier molecular flexibility index (Phi) is 4.16. The van der Waals surface area contributed by atoms with E-state index in [-0.39, 0.29) is 12.2 Å². The van der Waals surface area contributed by atoms with Crippen LogP contribution < -0.4 is 5.32 Å². The molecule has 1 saturated heterocycles. The Bertz CT molecular complexity index is 213. The standard InChI is InChI=1S/C12H22FNO2/c1-10(11-9-14-7-8-15-11)16-12(13)5-3-2-4-6-12/h10-11,14H,2-9H2,1H3. The fourth-order valence-corrected chi connectivity index (χ4v) is 2.49. The third-order valence-corrected chi connectivity index (χ3v) is 3.48. The first-order chi connectivity index (χ1) is 7.70. The van der Waals surface area contributed by atoms with Crippen molar-refractivity contribution in [3.63, 3.8) is 0 Å². The Morgan fingerprint density at radius 2 is 2.12 bits per heavy atom. The predicted molar refractivity (Wildman–Crippen MR) is 60.1 cm³/mol. The van der Waals surface area contributed by atoms with Gasteiger partial charge in [-0.3, -0.25) is 0 Å². The van der Waals surface area contributed by atoms with Crippen LogP contribution in [0.5, 0.6) is 0 Å². The van der Waals surface area contributed by atoms with E-state index in [0.717, 1.165) is 32.4 Å². The molecular weight excluding hydrogens is 209 g/mol.